The molecular formula is C28H48N2O10. The maximum atomic E-state index is 13.7. The number of Topliss-reactive ketones (excluding diaryl/α,β-unsaturated/α-hetero) is 1. The van der Waals surface area contributed by atoms with Crippen molar-refractivity contribution in [1.29, 1.82) is 0 Å². The molecule has 0 aromatic heterocycles. The van der Waals surface area contributed by atoms with Crippen molar-refractivity contribution in [2.75, 3.05) is 0 Å². The second-order valence-electron chi connectivity index (χ2n) is 11.9. The summed E-state index contributed by atoms with van der Waals surface area (Å²) in [7, 11) is 0. The predicted molar refractivity (Wildman–Crippen MR) is 144 cm³/mol. The molecule has 0 bridgehead atoms. The Balaban J connectivity index is 3.52. The van der Waals surface area contributed by atoms with Crippen molar-refractivity contribution >= 4 is 29.6 Å². The summed E-state index contributed by atoms with van der Waals surface area (Å²) in [4.78, 5) is 76.4. The lowest BCUT2D eigenvalue weighted by molar-refractivity contribution is -0.393. The number of ketones is 1. The summed E-state index contributed by atoms with van der Waals surface area (Å²) in [6, 6.07) is -2.44. The van der Waals surface area contributed by atoms with Crippen molar-refractivity contribution in [2.24, 2.45) is 28.9 Å². The maximum Gasteiger partial charge on any atom is 0.347 e. The minimum Gasteiger partial charge on any atom is -0.449 e. The number of nitrogens with two attached hydrogens (primary N) is 1. The lowest BCUT2D eigenvalue weighted by Gasteiger charge is -2.32. The Morgan fingerprint density at radius 2 is 1.43 bits per heavy atom. The normalized spacial score (nSPS) is 30.6. The molecule has 12 heteroatoms. The molecule has 230 valence electrons. The van der Waals surface area contributed by atoms with Gasteiger partial charge in [0.05, 0.1) is 6.04 Å². The number of carbonyl (C=O) groups excluding carboxylic acids is 5. The van der Waals surface area contributed by atoms with Crippen LogP contribution in [-0.2, 0) is 48.0 Å². The molecule has 1 heterocycles. The first-order chi connectivity index (χ1) is 18.4. The second kappa shape index (κ2) is 15.4. The fourth-order valence-corrected chi connectivity index (χ4v) is 3.82. The minimum atomic E-state index is -1.68. The van der Waals surface area contributed by atoms with Gasteiger partial charge in [-0.25, -0.2) is 9.68 Å². The molecule has 12 nitrogen and oxygen atoms in total. The van der Waals surface area contributed by atoms with Crippen LogP contribution in [-0.4, -0.2) is 66.3 Å². The number of ether oxygens (including phenoxy) is 3. The highest BCUT2D eigenvalue weighted by Gasteiger charge is 2.44. The molecule has 0 spiro atoms. The van der Waals surface area contributed by atoms with Gasteiger partial charge in [0.2, 0.25) is 6.29 Å². The molecule has 2 unspecified atom stereocenters. The van der Waals surface area contributed by atoms with Gasteiger partial charge in [0.15, 0.2) is 18.0 Å². The van der Waals surface area contributed by atoms with E-state index in [1.807, 2.05) is 34.6 Å². The topological polar surface area (TPSA) is 170 Å². The lowest BCUT2D eigenvalue weighted by Crippen LogP contribution is -2.54. The van der Waals surface area contributed by atoms with E-state index in [1.54, 1.807) is 6.92 Å². The van der Waals surface area contributed by atoms with Crippen LogP contribution in [0.5, 0.6) is 0 Å². The van der Waals surface area contributed by atoms with Gasteiger partial charge >= 0.3 is 17.9 Å². The van der Waals surface area contributed by atoms with E-state index >= 15 is 0 Å². The van der Waals surface area contributed by atoms with Crippen molar-refractivity contribution in [2.45, 2.75) is 125 Å². The Bertz CT molecular complexity index is 904. The van der Waals surface area contributed by atoms with E-state index in [2.05, 4.69) is 5.32 Å². The number of hydrogen-bond acceptors (Lipinski definition) is 11. The molecule has 0 aromatic carbocycles. The van der Waals surface area contributed by atoms with Crippen molar-refractivity contribution in [3.63, 3.8) is 0 Å². The first-order valence-corrected chi connectivity index (χ1v) is 14.0. The Hall–Kier alpha value is -2.57. The summed E-state index contributed by atoms with van der Waals surface area (Å²) >= 11 is 0. The Kier molecular flexibility index (Phi) is 13.7. The van der Waals surface area contributed by atoms with E-state index in [-0.39, 0.29) is 24.7 Å². The molecule has 1 fully saturated rings. The van der Waals surface area contributed by atoms with Crippen LogP contribution in [0.25, 0.3) is 0 Å². The maximum absolute atomic E-state index is 13.7. The number of carbonyl (C=O) groups is 5. The number of rotatable bonds is 6. The summed E-state index contributed by atoms with van der Waals surface area (Å²) < 4.78 is 16.2. The molecular weight excluding hydrogens is 524 g/mol. The van der Waals surface area contributed by atoms with Gasteiger partial charge in [-0.15, -0.1) is 0 Å². The molecule has 1 aliphatic heterocycles. The third kappa shape index (κ3) is 10.1. The van der Waals surface area contributed by atoms with Crippen LogP contribution < -0.4 is 11.1 Å². The third-order valence-electron chi connectivity index (χ3n) is 6.75. The van der Waals surface area contributed by atoms with Crippen molar-refractivity contribution in [3.05, 3.63) is 0 Å². The number of hydrogen-bond donors (Lipinski definition) is 2. The number of nitrogens with one attached hydrogen (secondary N) is 1. The van der Waals surface area contributed by atoms with E-state index < -0.39 is 77.6 Å². The summed E-state index contributed by atoms with van der Waals surface area (Å²) in [6.45, 7) is 16.6. The third-order valence-corrected chi connectivity index (χ3v) is 6.75. The van der Waals surface area contributed by atoms with E-state index in [0.29, 0.717) is 6.42 Å². The van der Waals surface area contributed by atoms with E-state index in [0.717, 1.165) is 0 Å². The average Bonchev–Trinajstić information content (AvgIpc) is 2.86. The summed E-state index contributed by atoms with van der Waals surface area (Å²) in [5.74, 6) is -4.54. The molecule has 0 saturated carbocycles. The van der Waals surface area contributed by atoms with Crippen molar-refractivity contribution in [3.8, 4) is 0 Å². The zero-order chi connectivity index (χ0) is 30.9. The molecule has 40 heavy (non-hydrogen) atoms. The molecule has 1 amide bonds. The Labute approximate surface area is 237 Å². The summed E-state index contributed by atoms with van der Waals surface area (Å²) in [5, 5.41) is 2.69. The number of esters is 3. The van der Waals surface area contributed by atoms with Gasteiger partial charge in [0, 0.05) is 12.3 Å². The monoisotopic (exact) mass is 572 g/mol. The first-order valence-electron chi connectivity index (χ1n) is 14.0. The quantitative estimate of drug-likeness (QED) is 0.208. The SMILES string of the molecule is CCC(C)[C@@H]1OC(=O)[C@H](C)OC(=O)[C@@H](N)[C@H](C)OOC(CC(C)C)OC(=O)C(C)(C)C(=O)[C@H](CC(C)C)NC1=O. The zero-order valence-electron chi connectivity index (χ0n) is 25.5. The van der Waals surface area contributed by atoms with Crippen LogP contribution in [0.4, 0.5) is 0 Å². The van der Waals surface area contributed by atoms with Crippen LogP contribution >= 0.6 is 0 Å². The van der Waals surface area contributed by atoms with Crippen LogP contribution in [0, 0.1) is 23.2 Å². The van der Waals surface area contributed by atoms with E-state index in [1.165, 1.54) is 27.7 Å². The molecule has 1 saturated heterocycles. The van der Waals surface area contributed by atoms with Gasteiger partial charge in [0.1, 0.15) is 17.6 Å². The van der Waals surface area contributed by atoms with Crippen molar-refractivity contribution in [1.82, 2.24) is 5.32 Å². The van der Waals surface area contributed by atoms with Crippen LogP contribution in [0.1, 0.15) is 88.5 Å². The number of amides is 1. The van der Waals surface area contributed by atoms with E-state index in [9.17, 15) is 24.0 Å². The van der Waals surface area contributed by atoms with Crippen LogP contribution in [0.3, 0.4) is 0 Å². The minimum absolute atomic E-state index is 0.00402. The second-order valence-corrected chi connectivity index (χ2v) is 11.9. The molecule has 1 aliphatic rings. The molecule has 0 aromatic rings. The molecule has 0 aliphatic carbocycles. The van der Waals surface area contributed by atoms with Gasteiger partial charge in [-0.3, -0.25) is 19.2 Å². The van der Waals surface area contributed by atoms with Crippen molar-refractivity contribution < 1.29 is 48.0 Å². The highest BCUT2D eigenvalue weighted by atomic mass is 17.2. The standard InChI is InChI=1S/C28H48N2O10/c1-11-16(6)22-24(32)30-19(12-14(2)3)23(31)28(9,10)27(35)37-20(13-15(4)5)40-39-17(7)21(29)26(34)36-18(8)25(33)38-22/h14-22H,11-13,29H2,1-10H3,(H,30,32)/t16?,17-,18-,19-,20?,21-,22-/m0/s1. The highest BCUT2D eigenvalue weighted by molar-refractivity contribution is 6.06. The van der Waals surface area contributed by atoms with Crippen LogP contribution in [0.2, 0.25) is 0 Å². The summed E-state index contributed by atoms with van der Waals surface area (Å²) in [6.07, 6.45) is -4.04. The van der Waals surface area contributed by atoms with Gasteiger partial charge in [-0.1, -0.05) is 41.5 Å². The fraction of sp³-hybridized carbons (Fsp3) is 0.821. The zero-order valence-corrected chi connectivity index (χ0v) is 25.5. The summed E-state index contributed by atoms with van der Waals surface area (Å²) in [5.41, 5.74) is 4.26. The predicted octanol–water partition coefficient (Wildman–Crippen LogP) is 2.60. The van der Waals surface area contributed by atoms with Gasteiger partial charge in [-0.2, -0.15) is 4.89 Å². The molecule has 1 rings (SSSR count). The Morgan fingerprint density at radius 3 is 1.95 bits per heavy atom. The van der Waals surface area contributed by atoms with Gasteiger partial charge < -0.3 is 25.3 Å². The van der Waals surface area contributed by atoms with Gasteiger partial charge in [0.25, 0.3) is 5.91 Å². The van der Waals surface area contributed by atoms with Crippen LogP contribution in [0.15, 0.2) is 0 Å². The van der Waals surface area contributed by atoms with E-state index in [4.69, 9.17) is 29.7 Å². The molecule has 7 atom stereocenters. The van der Waals surface area contributed by atoms with Gasteiger partial charge in [-0.05, 0) is 52.4 Å². The molecule has 3 N–H and O–H groups in total. The molecule has 0 radical (unpaired) electrons. The Morgan fingerprint density at radius 1 is 0.850 bits per heavy atom. The number of cyclic esters (lactones) is 3. The highest BCUT2D eigenvalue weighted by Crippen LogP contribution is 2.26. The first kappa shape index (κ1) is 35.5. The fourth-order valence-electron chi connectivity index (χ4n) is 3.82. The smallest absolute Gasteiger partial charge is 0.347 e. The lowest BCUT2D eigenvalue weighted by atomic mass is 9.81. The average molecular weight is 573 g/mol. The largest absolute Gasteiger partial charge is 0.449 e.